The van der Waals surface area contributed by atoms with E-state index in [2.05, 4.69) is 5.32 Å². The van der Waals surface area contributed by atoms with Crippen molar-refractivity contribution in [1.29, 1.82) is 0 Å². The standard InChI is InChI=1S/C9H14F3NO3/c1-3-8(2,5-7(15)16)13-6(14)4-9(10,11)12/h3-5H2,1-2H3,(H,13,14)(H,15,16). The van der Waals surface area contributed by atoms with Crippen LogP contribution in [0, 0.1) is 0 Å². The normalized spacial score (nSPS) is 15.3. The lowest BCUT2D eigenvalue weighted by molar-refractivity contribution is -0.155. The van der Waals surface area contributed by atoms with E-state index in [0.717, 1.165) is 0 Å². The number of halogens is 3. The summed E-state index contributed by atoms with van der Waals surface area (Å²) in [7, 11) is 0. The van der Waals surface area contributed by atoms with Gasteiger partial charge in [-0.05, 0) is 13.3 Å². The highest BCUT2D eigenvalue weighted by molar-refractivity contribution is 5.78. The molecule has 0 fully saturated rings. The molecule has 0 aliphatic rings. The molecule has 0 saturated heterocycles. The highest BCUT2D eigenvalue weighted by Gasteiger charge is 2.34. The second-order valence-corrected chi connectivity index (χ2v) is 3.82. The SMILES string of the molecule is CCC(C)(CC(=O)O)NC(=O)CC(F)(F)F. The Balaban J connectivity index is 4.42. The van der Waals surface area contributed by atoms with Crippen LogP contribution >= 0.6 is 0 Å². The summed E-state index contributed by atoms with van der Waals surface area (Å²) >= 11 is 0. The van der Waals surface area contributed by atoms with Crippen molar-refractivity contribution in [3.8, 4) is 0 Å². The Labute approximate surface area is 90.8 Å². The fourth-order valence-electron chi connectivity index (χ4n) is 1.15. The number of carboxylic acids is 1. The predicted molar refractivity (Wildman–Crippen MR) is 49.8 cm³/mol. The Morgan fingerprint density at radius 2 is 1.75 bits per heavy atom. The van der Waals surface area contributed by atoms with Gasteiger partial charge >= 0.3 is 12.1 Å². The summed E-state index contributed by atoms with van der Waals surface area (Å²) in [5.74, 6) is -2.38. The monoisotopic (exact) mass is 241 g/mol. The molecule has 7 heteroatoms. The van der Waals surface area contributed by atoms with Gasteiger partial charge < -0.3 is 10.4 Å². The average Bonchev–Trinajstić information content (AvgIpc) is 1.98. The molecular formula is C9H14F3NO3. The second kappa shape index (κ2) is 5.18. The van der Waals surface area contributed by atoms with Crippen LogP contribution in [0.1, 0.15) is 33.1 Å². The number of carboxylic acid groups (broad SMARTS) is 1. The number of carbonyl (C=O) groups is 2. The van der Waals surface area contributed by atoms with Gasteiger partial charge in [0.25, 0.3) is 0 Å². The van der Waals surface area contributed by atoms with E-state index in [4.69, 9.17) is 5.11 Å². The first kappa shape index (κ1) is 14.7. The molecule has 0 aliphatic carbocycles. The number of carbonyl (C=O) groups excluding carboxylic acids is 1. The van der Waals surface area contributed by atoms with Crippen LogP contribution in [0.5, 0.6) is 0 Å². The van der Waals surface area contributed by atoms with E-state index in [1.807, 2.05) is 0 Å². The van der Waals surface area contributed by atoms with E-state index in [1.54, 1.807) is 6.92 Å². The van der Waals surface area contributed by atoms with Crippen molar-refractivity contribution in [2.24, 2.45) is 0 Å². The molecule has 0 bridgehead atoms. The van der Waals surface area contributed by atoms with Crippen LogP contribution in [0.15, 0.2) is 0 Å². The second-order valence-electron chi connectivity index (χ2n) is 3.82. The smallest absolute Gasteiger partial charge is 0.397 e. The number of hydrogen-bond acceptors (Lipinski definition) is 2. The zero-order valence-electron chi connectivity index (χ0n) is 9.02. The molecular weight excluding hydrogens is 227 g/mol. The molecule has 0 saturated carbocycles. The lowest BCUT2D eigenvalue weighted by Crippen LogP contribution is -2.48. The molecule has 2 N–H and O–H groups in total. The summed E-state index contributed by atoms with van der Waals surface area (Å²) in [6, 6.07) is 0. The number of rotatable bonds is 5. The van der Waals surface area contributed by atoms with Crippen LogP contribution in [-0.4, -0.2) is 28.7 Å². The quantitative estimate of drug-likeness (QED) is 0.769. The van der Waals surface area contributed by atoms with Crippen molar-refractivity contribution in [2.75, 3.05) is 0 Å². The van der Waals surface area contributed by atoms with Crippen LogP contribution in [0.25, 0.3) is 0 Å². The van der Waals surface area contributed by atoms with Crippen LogP contribution in [-0.2, 0) is 9.59 Å². The van der Waals surface area contributed by atoms with E-state index in [0.29, 0.717) is 0 Å². The van der Waals surface area contributed by atoms with Gasteiger partial charge in [0.1, 0.15) is 6.42 Å². The first-order valence-corrected chi connectivity index (χ1v) is 4.67. The van der Waals surface area contributed by atoms with E-state index in [-0.39, 0.29) is 6.42 Å². The molecule has 94 valence electrons. The van der Waals surface area contributed by atoms with E-state index in [1.165, 1.54) is 6.92 Å². The number of nitrogens with one attached hydrogen (secondary N) is 1. The maximum Gasteiger partial charge on any atom is 0.397 e. The molecule has 0 radical (unpaired) electrons. The van der Waals surface area contributed by atoms with Gasteiger partial charge in [-0.1, -0.05) is 6.92 Å². The minimum Gasteiger partial charge on any atom is -0.481 e. The lowest BCUT2D eigenvalue weighted by Gasteiger charge is -2.28. The Morgan fingerprint density at radius 3 is 2.06 bits per heavy atom. The summed E-state index contributed by atoms with van der Waals surface area (Å²) in [6.45, 7) is 2.99. The van der Waals surface area contributed by atoms with Crippen molar-refractivity contribution >= 4 is 11.9 Å². The predicted octanol–water partition coefficient (Wildman–Crippen LogP) is 1.70. The van der Waals surface area contributed by atoms with Crippen molar-refractivity contribution in [2.45, 2.75) is 44.8 Å². The molecule has 0 aromatic rings. The molecule has 0 heterocycles. The third kappa shape index (κ3) is 6.26. The van der Waals surface area contributed by atoms with Gasteiger partial charge in [-0.15, -0.1) is 0 Å². The summed E-state index contributed by atoms with van der Waals surface area (Å²) in [6.07, 6.45) is -6.35. The van der Waals surface area contributed by atoms with Crippen LogP contribution < -0.4 is 5.32 Å². The largest absolute Gasteiger partial charge is 0.481 e. The molecule has 0 spiro atoms. The zero-order valence-corrected chi connectivity index (χ0v) is 9.02. The van der Waals surface area contributed by atoms with Gasteiger partial charge in [-0.3, -0.25) is 9.59 Å². The summed E-state index contributed by atoms with van der Waals surface area (Å²) in [4.78, 5) is 21.5. The summed E-state index contributed by atoms with van der Waals surface area (Å²) in [5, 5.41) is 10.6. The van der Waals surface area contributed by atoms with Crippen molar-refractivity contribution in [3.05, 3.63) is 0 Å². The van der Waals surface area contributed by atoms with E-state index in [9.17, 15) is 22.8 Å². The Bertz CT molecular complexity index is 278. The van der Waals surface area contributed by atoms with Crippen LogP contribution in [0.2, 0.25) is 0 Å². The Morgan fingerprint density at radius 1 is 1.25 bits per heavy atom. The number of amides is 1. The minimum absolute atomic E-state index is 0.239. The van der Waals surface area contributed by atoms with Crippen LogP contribution in [0.3, 0.4) is 0 Å². The van der Waals surface area contributed by atoms with Gasteiger partial charge in [-0.25, -0.2) is 0 Å². The van der Waals surface area contributed by atoms with Gasteiger partial charge in [-0.2, -0.15) is 13.2 Å². The molecule has 1 atom stereocenters. The highest BCUT2D eigenvalue weighted by atomic mass is 19.4. The summed E-state index contributed by atoms with van der Waals surface area (Å²) in [5.41, 5.74) is -1.14. The first-order valence-electron chi connectivity index (χ1n) is 4.67. The van der Waals surface area contributed by atoms with E-state index >= 15 is 0 Å². The topological polar surface area (TPSA) is 66.4 Å². The first-order chi connectivity index (χ1) is 7.08. The zero-order chi connectivity index (χ0) is 13.0. The van der Waals surface area contributed by atoms with E-state index < -0.39 is 36.4 Å². The highest BCUT2D eigenvalue weighted by Crippen LogP contribution is 2.21. The Hall–Kier alpha value is -1.27. The van der Waals surface area contributed by atoms with Crippen molar-refractivity contribution in [3.63, 3.8) is 0 Å². The maximum absolute atomic E-state index is 11.9. The fourth-order valence-corrected chi connectivity index (χ4v) is 1.15. The van der Waals surface area contributed by atoms with Crippen molar-refractivity contribution < 1.29 is 27.9 Å². The molecule has 0 aliphatic heterocycles. The van der Waals surface area contributed by atoms with Crippen LogP contribution in [0.4, 0.5) is 13.2 Å². The van der Waals surface area contributed by atoms with Gasteiger partial charge in [0.05, 0.1) is 6.42 Å². The average molecular weight is 241 g/mol. The lowest BCUT2D eigenvalue weighted by atomic mass is 9.94. The molecule has 4 nitrogen and oxygen atoms in total. The van der Waals surface area contributed by atoms with Gasteiger partial charge in [0.2, 0.25) is 5.91 Å². The molecule has 1 unspecified atom stereocenters. The molecule has 16 heavy (non-hydrogen) atoms. The maximum atomic E-state index is 11.9. The molecule has 0 rings (SSSR count). The third-order valence-electron chi connectivity index (χ3n) is 2.12. The van der Waals surface area contributed by atoms with Gasteiger partial charge in [0, 0.05) is 5.54 Å². The summed E-state index contributed by atoms with van der Waals surface area (Å²) < 4.78 is 35.6. The number of alkyl halides is 3. The van der Waals surface area contributed by atoms with Crippen molar-refractivity contribution in [1.82, 2.24) is 5.32 Å². The number of aliphatic carboxylic acids is 1. The third-order valence-corrected chi connectivity index (χ3v) is 2.12. The molecule has 1 amide bonds. The fraction of sp³-hybridized carbons (Fsp3) is 0.778. The van der Waals surface area contributed by atoms with Gasteiger partial charge in [0.15, 0.2) is 0 Å². The Kier molecular flexibility index (Phi) is 4.77. The molecule has 0 aromatic heterocycles. The minimum atomic E-state index is -4.58. The molecule has 0 aromatic carbocycles. The number of hydrogen-bond donors (Lipinski definition) is 2.